The number of benzene rings is 1. The first-order valence-electron chi connectivity index (χ1n) is 4.60. The van der Waals surface area contributed by atoms with Crippen LogP contribution in [-0.4, -0.2) is 10.0 Å². The number of nitrogens with zero attached hydrogens (tertiary/aromatic N) is 1. The predicted molar refractivity (Wildman–Crippen MR) is 51.0 cm³/mol. The molecule has 0 spiro atoms. The minimum atomic E-state index is -0.456. The summed E-state index contributed by atoms with van der Waals surface area (Å²) in [6, 6.07) is 5.02. The maximum atomic E-state index is 10.6. The quantitative estimate of drug-likeness (QED) is 0.589. The molecule has 0 aliphatic heterocycles. The van der Waals surface area contributed by atoms with E-state index in [1.807, 2.05) is 0 Å². The summed E-state index contributed by atoms with van der Waals surface area (Å²) < 4.78 is 0. The topological polar surface area (TPSA) is 63.4 Å². The van der Waals surface area contributed by atoms with E-state index in [2.05, 4.69) is 0 Å². The van der Waals surface area contributed by atoms with Gasteiger partial charge in [-0.1, -0.05) is 6.07 Å². The Labute approximate surface area is 81.3 Å². The van der Waals surface area contributed by atoms with E-state index < -0.39 is 4.92 Å². The monoisotopic (exact) mass is 193 g/mol. The fourth-order valence-corrected chi connectivity index (χ4v) is 1.58. The molecule has 0 unspecified atom stereocenters. The van der Waals surface area contributed by atoms with Crippen LogP contribution in [0.25, 0.3) is 0 Å². The van der Waals surface area contributed by atoms with E-state index in [4.69, 9.17) is 5.11 Å². The third-order valence-electron chi connectivity index (χ3n) is 2.52. The van der Waals surface area contributed by atoms with Gasteiger partial charge in [0.05, 0.1) is 17.1 Å². The molecule has 1 aliphatic rings. The van der Waals surface area contributed by atoms with E-state index in [1.165, 1.54) is 6.07 Å². The fourth-order valence-electron chi connectivity index (χ4n) is 1.58. The molecule has 74 valence electrons. The van der Waals surface area contributed by atoms with E-state index in [9.17, 15) is 10.1 Å². The van der Waals surface area contributed by atoms with Gasteiger partial charge in [0.1, 0.15) is 0 Å². The second kappa shape index (κ2) is 3.38. The van der Waals surface area contributed by atoms with E-state index in [0.29, 0.717) is 11.5 Å². The summed E-state index contributed by atoms with van der Waals surface area (Å²) in [5, 5.41) is 19.6. The van der Waals surface area contributed by atoms with Crippen LogP contribution in [0.4, 0.5) is 5.69 Å². The summed E-state index contributed by atoms with van der Waals surface area (Å²) in [6.45, 7) is -0.267. The summed E-state index contributed by atoms with van der Waals surface area (Å²) in [5.41, 5.74) is 1.54. The van der Waals surface area contributed by atoms with Crippen LogP contribution < -0.4 is 0 Å². The predicted octanol–water partition coefficient (Wildman–Crippen LogP) is 1.96. The van der Waals surface area contributed by atoms with Crippen LogP contribution in [0.3, 0.4) is 0 Å². The van der Waals surface area contributed by atoms with E-state index in [1.54, 1.807) is 12.1 Å². The van der Waals surface area contributed by atoms with Gasteiger partial charge in [0, 0.05) is 6.07 Å². The average Bonchev–Trinajstić information content (AvgIpc) is 3.00. The summed E-state index contributed by atoms with van der Waals surface area (Å²) in [5.74, 6) is 0.557. The summed E-state index contributed by atoms with van der Waals surface area (Å²) in [6.07, 6.45) is 2.31. The molecular formula is C10H11NO3. The third kappa shape index (κ3) is 1.61. The fraction of sp³-hybridized carbons (Fsp3) is 0.400. The molecule has 1 aromatic rings. The number of rotatable bonds is 3. The van der Waals surface area contributed by atoms with Crippen molar-refractivity contribution in [2.75, 3.05) is 0 Å². The summed E-state index contributed by atoms with van der Waals surface area (Å²) >= 11 is 0. The standard InChI is InChI=1S/C10H11NO3/c12-6-9-5-8(7-1-2-7)3-4-10(9)11(13)14/h3-5,7,12H,1-2,6H2. The highest BCUT2D eigenvalue weighted by atomic mass is 16.6. The first kappa shape index (κ1) is 9.15. The molecule has 0 heterocycles. The largest absolute Gasteiger partial charge is 0.391 e. The number of hydrogen-bond acceptors (Lipinski definition) is 3. The minimum Gasteiger partial charge on any atom is -0.391 e. The molecule has 0 amide bonds. The van der Waals surface area contributed by atoms with Crippen LogP contribution in [0.5, 0.6) is 0 Å². The van der Waals surface area contributed by atoms with E-state index >= 15 is 0 Å². The number of aliphatic hydroxyl groups is 1. The van der Waals surface area contributed by atoms with Gasteiger partial charge < -0.3 is 5.11 Å². The first-order chi connectivity index (χ1) is 6.72. The molecular weight excluding hydrogens is 182 g/mol. The Bertz CT molecular complexity index is 372. The average molecular weight is 193 g/mol. The molecule has 1 aromatic carbocycles. The number of aliphatic hydroxyl groups excluding tert-OH is 1. The summed E-state index contributed by atoms with van der Waals surface area (Å²) in [4.78, 5) is 10.1. The van der Waals surface area contributed by atoms with Crippen LogP contribution in [0.2, 0.25) is 0 Å². The lowest BCUT2D eigenvalue weighted by Gasteiger charge is -2.02. The molecule has 1 aliphatic carbocycles. The van der Waals surface area contributed by atoms with Crippen molar-refractivity contribution in [3.05, 3.63) is 39.4 Å². The molecule has 0 radical (unpaired) electrons. The number of hydrogen-bond donors (Lipinski definition) is 1. The van der Waals surface area contributed by atoms with Gasteiger partial charge in [-0.25, -0.2) is 0 Å². The van der Waals surface area contributed by atoms with Gasteiger partial charge in [-0.2, -0.15) is 0 Å². The Kier molecular flexibility index (Phi) is 2.21. The van der Waals surface area contributed by atoms with Gasteiger partial charge in [0.2, 0.25) is 0 Å². The Balaban J connectivity index is 2.38. The van der Waals surface area contributed by atoms with Gasteiger partial charge in [-0.3, -0.25) is 10.1 Å². The van der Waals surface area contributed by atoms with Crippen molar-refractivity contribution in [1.82, 2.24) is 0 Å². The van der Waals surface area contributed by atoms with Crippen molar-refractivity contribution in [2.45, 2.75) is 25.4 Å². The van der Waals surface area contributed by atoms with Crippen LogP contribution >= 0.6 is 0 Å². The zero-order chi connectivity index (χ0) is 10.1. The van der Waals surface area contributed by atoms with Gasteiger partial charge in [0.15, 0.2) is 0 Å². The molecule has 2 rings (SSSR count). The Hall–Kier alpha value is -1.42. The highest BCUT2D eigenvalue weighted by Gasteiger charge is 2.25. The van der Waals surface area contributed by atoms with Gasteiger partial charge in [-0.05, 0) is 30.4 Å². The first-order valence-corrected chi connectivity index (χ1v) is 4.60. The smallest absolute Gasteiger partial charge is 0.274 e. The van der Waals surface area contributed by atoms with E-state index in [-0.39, 0.29) is 12.3 Å². The highest BCUT2D eigenvalue weighted by Crippen LogP contribution is 2.41. The van der Waals surface area contributed by atoms with E-state index in [0.717, 1.165) is 18.4 Å². The SMILES string of the molecule is O=[N+]([O-])c1ccc(C2CC2)cc1CO. The molecule has 14 heavy (non-hydrogen) atoms. The third-order valence-corrected chi connectivity index (χ3v) is 2.52. The molecule has 0 saturated heterocycles. The zero-order valence-corrected chi connectivity index (χ0v) is 7.64. The van der Waals surface area contributed by atoms with Crippen LogP contribution in [0.1, 0.15) is 29.9 Å². The second-order valence-electron chi connectivity index (χ2n) is 3.58. The maximum Gasteiger partial charge on any atom is 0.274 e. The molecule has 4 nitrogen and oxygen atoms in total. The summed E-state index contributed by atoms with van der Waals surface area (Å²) in [7, 11) is 0. The zero-order valence-electron chi connectivity index (χ0n) is 7.64. The lowest BCUT2D eigenvalue weighted by Crippen LogP contribution is -1.96. The molecule has 4 heteroatoms. The lowest BCUT2D eigenvalue weighted by molar-refractivity contribution is -0.385. The van der Waals surface area contributed by atoms with Crippen LogP contribution in [0, 0.1) is 10.1 Å². The Morgan fingerprint density at radius 2 is 2.21 bits per heavy atom. The molecule has 1 N–H and O–H groups in total. The van der Waals surface area contributed by atoms with Crippen molar-refractivity contribution in [2.24, 2.45) is 0 Å². The number of nitro benzene ring substituents is 1. The van der Waals surface area contributed by atoms with Crippen molar-refractivity contribution in [3.8, 4) is 0 Å². The maximum absolute atomic E-state index is 10.6. The molecule has 0 aromatic heterocycles. The normalized spacial score (nSPS) is 15.5. The molecule has 1 saturated carbocycles. The van der Waals surface area contributed by atoms with Crippen molar-refractivity contribution in [1.29, 1.82) is 0 Å². The van der Waals surface area contributed by atoms with Crippen LogP contribution in [0.15, 0.2) is 18.2 Å². The van der Waals surface area contributed by atoms with Crippen molar-refractivity contribution < 1.29 is 10.0 Å². The molecule has 1 fully saturated rings. The van der Waals surface area contributed by atoms with Crippen molar-refractivity contribution >= 4 is 5.69 Å². The van der Waals surface area contributed by atoms with Gasteiger partial charge in [0.25, 0.3) is 5.69 Å². The molecule has 0 atom stereocenters. The van der Waals surface area contributed by atoms with Gasteiger partial charge >= 0.3 is 0 Å². The Morgan fingerprint density at radius 1 is 1.50 bits per heavy atom. The molecule has 0 bridgehead atoms. The number of nitro groups is 1. The lowest BCUT2D eigenvalue weighted by atomic mass is 10.1. The Morgan fingerprint density at radius 3 is 2.71 bits per heavy atom. The second-order valence-corrected chi connectivity index (χ2v) is 3.58. The van der Waals surface area contributed by atoms with Crippen LogP contribution in [-0.2, 0) is 6.61 Å². The van der Waals surface area contributed by atoms with Gasteiger partial charge in [-0.15, -0.1) is 0 Å². The highest BCUT2D eigenvalue weighted by molar-refractivity contribution is 5.44. The minimum absolute atomic E-state index is 0.0110. The van der Waals surface area contributed by atoms with Crippen molar-refractivity contribution in [3.63, 3.8) is 0 Å².